The van der Waals surface area contributed by atoms with Crippen LogP contribution in [0.2, 0.25) is 0 Å². The topological polar surface area (TPSA) is 52.3 Å². The lowest BCUT2D eigenvalue weighted by molar-refractivity contribution is -0.149. The van der Waals surface area contributed by atoms with Gasteiger partial charge in [0.25, 0.3) is 0 Å². The maximum absolute atomic E-state index is 12.2. The number of nitrogens with two attached hydrogens (primary N) is 1. The minimum Gasteiger partial charge on any atom is -0.461 e. The van der Waals surface area contributed by atoms with Crippen LogP contribution in [-0.4, -0.2) is 18.6 Å². The highest BCUT2D eigenvalue weighted by Gasteiger charge is 2.12. The van der Waals surface area contributed by atoms with Crippen molar-refractivity contribution in [3.63, 3.8) is 0 Å². The van der Waals surface area contributed by atoms with E-state index in [0.29, 0.717) is 13.0 Å². The van der Waals surface area contributed by atoms with Crippen molar-refractivity contribution in [3.05, 3.63) is 0 Å². The van der Waals surface area contributed by atoms with Crippen LogP contribution in [0.15, 0.2) is 0 Å². The normalized spacial score (nSPS) is 12.2. The standard InChI is InChI=1S/C38H77NO2/c1-3-5-7-9-11-13-15-17-19-21-22-24-26-28-30-32-34-37(36-39)41-38(40)35-33-31-29-27-25-23-20-18-16-14-12-10-8-6-4-2/h37H,3-36,39H2,1-2H3. The van der Waals surface area contributed by atoms with Crippen LogP contribution in [0.3, 0.4) is 0 Å². The van der Waals surface area contributed by atoms with Crippen LogP contribution in [0.25, 0.3) is 0 Å². The summed E-state index contributed by atoms with van der Waals surface area (Å²) < 4.78 is 5.68. The van der Waals surface area contributed by atoms with Gasteiger partial charge in [0.05, 0.1) is 0 Å². The molecule has 1 atom stereocenters. The maximum atomic E-state index is 12.2. The molecule has 0 rings (SSSR count). The van der Waals surface area contributed by atoms with Crippen LogP contribution in [-0.2, 0) is 9.53 Å². The number of hydrogen-bond acceptors (Lipinski definition) is 3. The second kappa shape index (κ2) is 35.6. The Labute approximate surface area is 259 Å². The van der Waals surface area contributed by atoms with E-state index in [1.807, 2.05) is 0 Å². The highest BCUT2D eigenvalue weighted by atomic mass is 16.5. The van der Waals surface area contributed by atoms with E-state index in [1.165, 1.54) is 180 Å². The second-order valence-corrected chi connectivity index (χ2v) is 13.1. The number of carbonyl (C=O) groups excluding carboxylic acids is 1. The van der Waals surface area contributed by atoms with E-state index in [1.54, 1.807) is 0 Å². The van der Waals surface area contributed by atoms with Crippen LogP contribution < -0.4 is 5.73 Å². The van der Waals surface area contributed by atoms with Crippen molar-refractivity contribution in [2.24, 2.45) is 5.73 Å². The smallest absolute Gasteiger partial charge is 0.306 e. The van der Waals surface area contributed by atoms with E-state index >= 15 is 0 Å². The molecule has 246 valence electrons. The first-order valence-corrected chi connectivity index (χ1v) is 19.1. The monoisotopic (exact) mass is 580 g/mol. The summed E-state index contributed by atoms with van der Waals surface area (Å²) in [5.74, 6) is -0.0355. The number of rotatable bonds is 35. The fourth-order valence-electron chi connectivity index (χ4n) is 6.03. The zero-order chi connectivity index (χ0) is 29.9. The van der Waals surface area contributed by atoms with Gasteiger partial charge in [0.2, 0.25) is 0 Å². The number of carbonyl (C=O) groups is 1. The second-order valence-electron chi connectivity index (χ2n) is 13.1. The molecule has 0 aromatic heterocycles. The van der Waals surface area contributed by atoms with Gasteiger partial charge in [0.1, 0.15) is 6.10 Å². The Morgan fingerprint density at radius 2 is 0.707 bits per heavy atom. The van der Waals surface area contributed by atoms with Crippen molar-refractivity contribution in [3.8, 4) is 0 Å². The summed E-state index contributed by atoms with van der Waals surface area (Å²) in [6.45, 7) is 5.04. The molecule has 3 heteroatoms. The molecule has 41 heavy (non-hydrogen) atoms. The molecule has 3 nitrogen and oxygen atoms in total. The van der Waals surface area contributed by atoms with Crippen molar-refractivity contribution in [1.82, 2.24) is 0 Å². The first kappa shape index (κ1) is 40.4. The lowest BCUT2D eigenvalue weighted by Crippen LogP contribution is -2.26. The van der Waals surface area contributed by atoms with Crippen molar-refractivity contribution >= 4 is 5.97 Å². The van der Waals surface area contributed by atoms with E-state index in [4.69, 9.17) is 10.5 Å². The summed E-state index contributed by atoms with van der Waals surface area (Å²) >= 11 is 0. The van der Waals surface area contributed by atoms with Gasteiger partial charge in [-0.25, -0.2) is 0 Å². The quantitative estimate of drug-likeness (QED) is 0.0600. The van der Waals surface area contributed by atoms with Crippen molar-refractivity contribution < 1.29 is 9.53 Å². The highest BCUT2D eigenvalue weighted by Crippen LogP contribution is 2.16. The van der Waals surface area contributed by atoms with Gasteiger partial charge in [-0.05, 0) is 19.3 Å². The fourth-order valence-corrected chi connectivity index (χ4v) is 6.03. The predicted octanol–water partition coefficient (Wildman–Crippen LogP) is 12.8. The molecule has 0 bridgehead atoms. The fraction of sp³-hybridized carbons (Fsp3) is 0.974. The van der Waals surface area contributed by atoms with Gasteiger partial charge >= 0.3 is 5.97 Å². The van der Waals surface area contributed by atoms with E-state index in [0.717, 1.165) is 25.7 Å². The first-order valence-electron chi connectivity index (χ1n) is 19.1. The third-order valence-corrected chi connectivity index (χ3v) is 8.93. The molecule has 0 heterocycles. The van der Waals surface area contributed by atoms with Crippen molar-refractivity contribution in [2.45, 2.75) is 232 Å². The zero-order valence-electron chi connectivity index (χ0n) is 28.5. The molecule has 2 N–H and O–H groups in total. The van der Waals surface area contributed by atoms with E-state index in [-0.39, 0.29) is 12.1 Å². The third kappa shape index (κ3) is 33.8. The molecule has 0 spiro atoms. The molecular weight excluding hydrogens is 502 g/mol. The van der Waals surface area contributed by atoms with Crippen molar-refractivity contribution in [1.29, 1.82) is 0 Å². The Bertz CT molecular complexity index is 495. The highest BCUT2D eigenvalue weighted by molar-refractivity contribution is 5.69. The third-order valence-electron chi connectivity index (χ3n) is 8.93. The lowest BCUT2D eigenvalue weighted by atomic mass is 10.0. The molecular formula is C38H77NO2. The van der Waals surface area contributed by atoms with Gasteiger partial charge in [0.15, 0.2) is 0 Å². The molecule has 0 aliphatic heterocycles. The summed E-state index contributed by atoms with van der Waals surface area (Å²) in [5, 5.41) is 0. The summed E-state index contributed by atoms with van der Waals surface area (Å²) in [7, 11) is 0. The molecule has 0 radical (unpaired) electrons. The molecule has 0 aromatic carbocycles. The van der Waals surface area contributed by atoms with Gasteiger partial charge in [-0.15, -0.1) is 0 Å². The molecule has 0 aliphatic carbocycles. The van der Waals surface area contributed by atoms with E-state index in [2.05, 4.69) is 13.8 Å². The van der Waals surface area contributed by atoms with Crippen LogP contribution in [0.1, 0.15) is 226 Å². The van der Waals surface area contributed by atoms with Crippen LogP contribution in [0.4, 0.5) is 0 Å². The average Bonchev–Trinajstić information content (AvgIpc) is 2.98. The van der Waals surface area contributed by atoms with E-state index < -0.39 is 0 Å². The average molecular weight is 580 g/mol. The van der Waals surface area contributed by atoms with Gasteiger partial charge in [-0.1, -0.05) is 200 Å². The Morgan fingerprint density at radius 1 is 0.439 bits per heavy atom. The summed E-state index contributed by atoms with van der Waals surface area (Å²) in [5.41, 5.74) is 5.90. The minimum absolute atomic E-state index is 0.0355. The Kier molecular flexibility index (Phi) is 35.1. The number of hydrogen-bond donors (Lipinski definition) is 1. The number of ether oxygens (including phenoxy) is 1. The van der Waals surface area contributed by atoms with Crippen LogP contribution >= 0.6 is 0 Å². The summed E-state index contributed by atoms with van der Waals surface area (Å²) in [6, 6.07) is 0. The Morgan fingerprint density at radius 3 is 1.00 bits per heavy atom. The maximum Gasteiger partial charge on any atom is 0.306 e. The first-order chi connectivity index (χ1) is 20.2. The SMILES string of the molecule is CCCCCCCCCCCCCCCCCCC(CN)OC(=O)CCCCCCCCCCCCCCCCC. The Balaban J connectivity index is 3.38. The largest absolute Gasteiger partial charge is 0.461 e. The molecule has 0 amide bonds. The molecule has 0 aliphatic rings. The van der Waals surface area contributed by atoms with Gasteiger partial charge in [-0.2, -0.15) is 0 Å². The van der Waals surface area contributed by atoms with Gasteiger partial charge in [-0.3, -0.25) is 4.79 Å². The molecule has 0 saturated heterocycles. The molecule has 0 saturated carbocycles. The minimum atomic E-state index is -0.0783. The summed E-state index contributed by atoms with van der Waals surface area (Å²) in [4.78, 5) is 12.2. The zero-order valence-corrected chi connectivity index (χ0v) is 28.5. The number of esters is 1. The Hall–Kier alpha value is -0.570. The summed E-state index contributed by atoms with van der Waals surface area (Å²) in [6.07, 6.45) is 43.7. The van der Waals surface area contributed by atoms with Gasteiger partial charge < -0.3 is 10.5 Å². The van der Waals surface area contributed by atoms with Crippen molar-refractivity contribution in [2.75, 3.05) is 6.54 Å². The predicted molar refractivity (Wildman–Crippen MR) is 183 cm³/mol. The van der Waals surface area contributed by atoms with Gasteiger partial charge in [0, 0.05) is 13.0 Å². The lowest BCUT2D eigenvalue weighted by Gasteiger charge is -2.16. The molecule has 1 unspecified atom stereocenters. The molecule has 0 fully saturated rings. The van der Waals surface area contributed by atoms with E-state index in [9.17, 15) is 4.79 Å². The van der Waals surface area contributed by atoms with Crippen LogP contribution in [0, 0.1) is 0 Å². The molecule has 0 aromatic rings. The van der Waals surface area contributed by atoms with Crippen LogP contribution in [0.5, 0.6) is 0 Å². The number of unbranched alkanes of at least 4 members (excludes halogenated alkanes) is 29.